The zero-order valence-corrected chi connectivity index (χ0v) is 43.2. The number of carbonyl (C=O) groups excluding carboxylic acids is 2. The smallest absolute Gasteiger partial charge is 0.339 e. The van der Waals surface area contributed by atoms with Crippen LogP contribution in [0.5, 0.6) is 11.5 Å². The lowest BCUT2D eigenvalue weighted by molar-refractivity contribution is -0.148. The van der Waals surface area contributed by atoms with E-state index in [9.17, 15) is 14.7 Å². The summed E-state index contributed by atoms with van der Waals surface area (Å²) in [5.74, 6) is 0.243. The topological polar surface area (TPSA) is 154 Å². The molecule has 0 spiro atoms. The molecular weight excluding hydrogens is 863 g/mol. The molecule has 0 aliphatic carbocycles. The van der Waals surface area contributed by atoms with E-state index in [0.717, 1.165) is 28.9 Å². The summed E-state index contributed by atoms with van der Waals surface area (Å²) in [6.45, 7) is 29.0. The number of benzene rings is 2. The van der Waals surface area contributed by atoms with Gasteiger partial charge in [0.05, 0.1) is 42.1 Å². The van der Waals surface area contributed by atoms with Crippen LogP contribution in [0, 0.1) is 43.4 Å². The zero-order chi connectivity index (χ0) is 50.1. The minimum atomic E-state index is -0.758. The van der Waals surface area contributed by atoms with Crippen LogP contribution >= 0.6 is 0 Å². The van der Waals surface area contributed by atoms with Gasteiger partial charge < -0.3 is 48.7 Å². The third-order valence-corrected chi connectivity index (χ3v) is 13.3. The molecule has 12 atom stereocenters. The average Bonchev–Trinajstić information content (AvgIpc) is 3.77. The molecule has 4 aliphatic heterocycles. The lowest BCUT2D eigenvalue weighted by Gasteiger charge is -2.23. The maximum atomic E-state index is 13.2. The molecule has 6 rings (SSSR count). The van der Waals surface area contributed by atoms with Crippen LogP contribution in [0.2, 0.25) is 0 Å². The van der Waals surface area contributed by atoms with Crippen LogP contribution in [0.15, 0.2) is 60.7 Å². The minimum Gasteiger partial charge on any atom is -0.493 e. The molecule has 68 heavy (non-hydrogen) atoms. The highest BCUT2D eigenvalue weighted by Crippen LogP contribution is 2.37. The van der Waals surface area contributed by atoms with Crippen molar-refractivity contribution in [1.82, 2.24) is 0 Å². The van der Waals surface area contributed by atoms with Gasteiger partial charge >= 0.3 is 11.9 Å². The molecule has 6 unspecified atom stereocenters. The molecule has 2 fully saturated rings. The number of hydrogen-bond acceptors (Lipinski definition) is 12. The van der Waals surface area contributed by atoms with Gasteiger partial charge in [0.2, 0.25) is 0 Å². The lowest BCUT2D eigenvalue weighted by Crippen LogP contribution is -2.29. The van der Waals surface area contributed by atoms with Gasteiger partial charge in [-0.3, -0.25) is 0 Å². The molecule has 0 radical (unpaired) electrons. The van der Waals surface area contributed by atoms with Crippen molar-refractivity contribution in [2.45, 2.75) is 170 Å². The highest BCUT2D eigenvalue weighted by molar-refractivity contribution is 5.96. The molecule has 376 valence electrons. The Bertz CT molecular complexity index is 1990. The van der Waals surface area contributed by atoms with Crippen LogP contribution < -0.4 is 15.2 Å². The van der Waals surface area contributed by atoms with Gasteiger partial charge in [0.25, 0.3) is 0 Å². The SMILES string of the molecule is CCC(C)COc1cc(C)c2c(c1)/C=C/C[C@@H]1OC(C)(C)OC1C(C)/C=C\[C@@H](C)[C@H](C)OC2=O.Cc1cc(OCC(O)CN)cc2c1C(=O)O[C@@H](C)[C@H](C)/C=C\C(C)C1OC(C)(C)O[C@H]1C/C=C/2. The van der Waals surface area contributed by atoms with Crippen LogP contribution in [0.4, 0.5) is 0 Å². The van der Waals surface area contributed by atoms with Crippen LogP contribution in [0.1, 0.15) is 145 Å². The average molecular weight is 944 g/mol. The Labute approximate surface area is 406 Å². The summed E-state index contributed by atoms with van der Waals surface area (Å²) in [7, 11) is 0. The molecule has 0 bridgehead atoms. The Morgan fingerprint density at radius 3 is 1.44 bits per heavy atom. The van der Waals surface area contributed by atoms with Crippen molar-refractivity contribution in [3.05, 3.63) is 94.1 Å². The highest BCUT2D eigenvalue weighted by atomic mass is 16.8. The second kappa shape index (κ2) is 24.0. The number of fused-ring (bicyclic) bond motifs is 4. The molecule has 4 heterocycles. The van der Waals surface area contributed by atoms with E-state index in [1.165, 1.54) is 0 Å². The summed E-state index contributed by atoms with van der Waals surface area (Å²) >= 11 is 0. The summed E-state index contributed by atoms with van der Waals surface area (Å²) in [5.41, 5.74) is 9.65. The van der Waals surface area contributed by atoms with E-state index in [0.29, 0.717) is 47.8 Å². The highest BCUT2D eigenvalue weighted by Gasteiger charge is 2.44. The standard InChI is InChI=1S/C29H42O5.C27H39NO6/c1-9-18(2)17-31-24-15-21(5)26-23(16-24)11-10-12-25-27(34-29(7,8)33-25)20(4)14-13-19(3)22(6)32-28(26)30;1-16-10-11-17(2)25-23(33-27(5,6)34-25)9-7-8-20-13-22(31-15-21(29)14-28)12-18(3)24(20)26(30)32-19(16)4/h10-11,13-16,18-20,22,25,27H,9,12,17H2,1-8H3;7-8,10-13,16-17,19,21,23,25,29H,9,14-15,28H2,1-6H3/b11-10+,14-13-;8-7+,11-10-/t18?,19-,20?,22+,25+,27?;16-,17?,19+,21?,23+,25?/m11/s1. The van der Waals surface area contributed by atoms with Gasteiger partial charge in [0, 0.05) is 30.2 Å². The van der Waals surface area contributed by atoms with Gasteiger partial charge in [-0.25, -0.2) is 9.59 Å². The maximum absolute atomic E-state index is 13.2. The molecule has 0 aromatic heterocycles. The molecule has 12 nitrogen and oxygen atoms in total. The van der Waals surface area contributed by atoms with Crippen molar-refractivity contribution < 1.29 is 52.6 Å². The molecule has 12 heteroatoms. The number of aryl methyl sites for hydroxylation is 2. The van der Waals surface area contributed by atoms with E-state index in [2.05, 4.69) is 65.0 Å². The molecule has 2 aromatic carbocycles. The maximum Gasteiger partial charge on any atom is 0.339 e. The number of ether oxygens (including phenoxy) is 8. The van der Waals surface area contributed by atoms with Gasteiger partial charge in [-0.1, -0.05) is 96.6 Å². The van der Waals surface area contributed by atoms with Crippen LogP contribution in [0.3, 0.4) is 0 Å². The Morgan fingerprint density at radius 2 is 1.04 bits per heavy atom. The van der Waals surface area contributed by atoms with Crippen molar-refractivity contribution in [2.75, 3.05) is 19.8 Å². The van der Waals surface area contributed by atoms with E-state index in [-0.39, 0.29) is 85.4 Å². The van der Waals surface area contributed by atoms with Crippen LogP contribution in [0.25, 0.3) is 12.2 Å². The molecule has 0 saturated carbocycles. The first-order valence-corrected chi connectivity index (χ1v) is 24.8. The number of aliphatic hydroxyl groups excluding tert-OH is 1. The monoisotopic (exact) mass is 944 g/mol. The number of cyclic esters (lactones) is 2. The second-order valence-corrected chi connectivity index (χ2v) is 20.4. The quantitative estimate of drug-likeness (QED) is 0.191. The van der Waals surface area contributed by atoms with E-state index >= 15 is 0 Å². The Hall–Kier alpha value is -4.30. The van der Waals surface area contributed by atoms with E-state index in [4.69, 9.17) is 43.6 Å². The number of aliphatic hydroxyl groups is 1. The second-order valence-electron chi connectivity index (χ2n) is 20.4. The first kappa shape index (κ1) is 54.6. The summed E-state index contributed by atoms with van der Waals surface area (Å²) in [6.07, 6.45) is 17.2. The van der Waals surface area contributed by atoms with Crippen molar-refractivity contribution in [3.8, 4) is 11.5 Å². The van der Waals surface area contributed by atoms with Gasteiger partial charge in [0.15, 0.2) is 11.6 Å². The first-order valence-electron chi connectivity index (χ1n) is 24.8. The Balaban J connectivity index is 0.000000254. The van der Waals surface area contributed by atoms with E-state index < -0.39 is 17.7 Å². The third kappa shape index (κ3) is 14.9. The number of esters is 2. The summed E-state index contributed by atoms with van der Waals surface area (Å²) in [6, 6.07) is 7.45. The molecular formula is C56H81NO11. The number of rotatable bonds is 8. The van der Waals surface area contributed by atoms with Gasteiger partial charge in [-0.05, 0) is 121 Å². The summed E-state index contributed by atoms with van der Waals surface area (Å²) in [5, 5.41) is 9.76. The molecule has 2 saturated heterocycles. The number of carbonyl (C=O) groups is 2. The predicted octanol–water partition coefficient (Wildman–Crippen LogP) is 10.7. The van der Waals surface area contributed by atoms with E-state index in [1.807, 2.05) is 92.7 Å². The number of hydrogen-bond donors (Lipinski definition) is 2. The number of nitrogens with two attached hydrogens (primary N) is 1. The largest absolute Gasteiger partial charge is 0.493 e. The van der Waals surface area contributed by atoms with Crippen molar-refractivity contribution in [3.63, 3.8) is 0 Å². The summed E-state index contributed by atoms with van der Waals surface area (Å²) in [4.78, 5) is 26.4. The van der Waals surface area contributed by atoms with Crippen LogP contribution in [-0.2, 0) is 28.4 Å². The molecule has 4 aliphatic rings. The third-order valence-electron chi connectivity index (χ3n) is 13.3. The fourth-order valence-electron chi connectivity index (χ4n) is 8.71. The van der Waals surface area contributed by atoms with Gasteiger partial charge in [0.1, 0.15) is 36.4 Å². The lowest BCUT2D eigenvalue weighted by atomic mass is 9.94. The zero-order valence-electron chi connectivity index (χ0n) is 43.2. The van der Waals surface area contributed by atoms with Gasteiger partial charge in [-0.2, -0.15) is 0 Å². The Morgan fingerprint density at radius 1 is 0.647 bits per heavy atom. The first-order chi connectivity index (χ1) is 32.0. The fraction of sp³-hybridized carbons (Fsp3) is 0.607. The van der Waals surface area contributed by atoms with Crippen molar-refractivity contribution >= 4 is 24.1 Å². The molecule has 3 N–H and O–H groups in total. The minimum absolute atomic E-state index is 0.0303. The summed E-state index contributed by atoms with van der Waals surface area (Å²) < 4.78 is 48.5. The fourth-order valence-corrected chi connectivity index (χ4v) is 8.71. The van der Waals surface area contributed by atoms with Crippen LogP contribution in [-0.4, -0.2) is 91.1 Å². The van der Waals surface area contributed by atoms with Crippen molar-refractivity contribution in [1.29, 1.82) is 0 Å². The molecule has 0 amide bonds. The Kier molecular flexibility index (Phi) is 19.3. The molecule has 2 aromatic rings. The van der Waals surface area contributed by atoms with Crippen molar-refractivity contribution in [2.24, 2.45) is 35.3 Å². The normalized spacial score (nSPS) is 32.0. The van der Waals surface area contributed by atoms with Gasteiger partial charge in [-0.15, -0.1) is 0 Å². The van der Waals surface area contributed by atoms with E-state index in [1.54, 1.807) is 12.1 Å². The predicted molar refractivity (Wildman–Crippen MR) is 268 cm³/mol.